The van der Waals surface area contributed by atoms with Crippen LogP contribution in [-0.4, -0.2) is 30.3 Å². The fourth-order valence-electron chi connectivity index (χ4n) is 3.20. The number of nitrogens with one attached hydrogen (secondary N) is 2. The Balaban J connectivity index is 1.53. The maximum absolute atomic E-state index is 12.3. The van der Waals surface area contributed by atoms with Gasteiger partial charge in [-0.1, -0.05) is 50.2 Å². The maximum Gasteiger partial charge on any atom is 0.269 e. The molecule has 1 fully saturated rings. The zero-order chi connectivity index (χ0) is 17.2. The number of hydrogen-bond acceptors (Lipinski definition) is 4. The first-order valence-corrected chi connectivity index (χ1v) is 8.71. The third kappa shape index (κ3) is 3.78. The molecule has 0 unspecified atom stereocenters. The van der Waals surface area contributed by atoms with Gasteiger partial charge in [0.2, 0.25) is 0 Å². The first-order chi connectivity index (χ1) is 11.4. The molecule has 5 heteroatoms. The van der Waals surface area contributed by atoms with E-state index in [1.54, 1.807) is 0 Å². The molecule has 1 spiro atoms. The van der Waals surface area contributed by atoms with Crippen LogP contribution in [0.3, 0.4) is 0 Å². The van der Waals surface area contributed by atoms with Gasteiger partial charge in [0.25, 0.3) is 5.91 Å². The average Bonchev–Trinajstić information content (AvgIpc) is 2.96. The molecule has 1 aromatic carbocycles. The lowest BCUT2D eigenvalue weighted by Crippen LogP contribution is -2.43. The highest BCUT2D eigenvalue weighted by molar-refractivity contribution is 6.39. The number of nitrogens with zero attached hydrogens (tertiary/aromatic N) is 1. The monoisotopic (exact) mass is 329 g/mol. The van der Waals surface area contributed by atoms with E-state index < -0.39 is 0 Å². The summed E-state index contributed by atoms with van der Waals surface area (Å²) in [6, 6.07) is 8.40. The maximum atomic E-state index is 12.3. The first-order valence-electron chi connectivity index (χ1n) is 8.71. The Morgan fingerprint density at radius 2 is 1.92 bits per heavy atom. The Morgan fingerprint density at radius 1 is 1.25 bits per heavy atom. The van der Waals surface area contributed by atoms with Gasteiger partial charge in [-0.2, -0.15) is 0 Å². The van der Waals surface area contributed by atoms with Crippen LogP contribution in [0.4, 0.5) is 0 Å². The summed E-state index contributed by atoms with van der Waals surface area (Å²) in [5.74, 6) is -0.120. The molecule has 0 aromatic heterocycles. The number of hydrogen-bond donors (Lipinski definition) is 2. The Kier molecular flexibility index (Phi) is 4.63. The van der Waals surface area contributed by atoms with Gasteiger partial charge in [-0.3, -0.25) is 4.79 Å². The van der Waals surface area contributed by atoms with E-state index in [0.717, 1.165) is 31.5 Å². The van der Waals surface area contributed by atoms with Crippen LogP contribution in [0.25, 0.3) is 0 Å². The van der Waals surface area contributed by atoms with E-state index in [0.29, 0.717) is 18.7 Å². The molecule has 0 atom stereocenters. The summed E-state index contributed by atoms with van der Waals surface area (Å²) in [5, 5.41) is 10.3. The lowest BCUT2D eigenvalue weighted by Gasteiger charge is -2.30. The smallest absolute Gasteiger partial charge is 0.269 e. The SMILES string of the molecule is CC(C)(C)c1ccc(CNC(=O)C2=NOC3(CCNCC3)C2)cc1. The number of amides is 1. The van der Waals surface area contributed by atoms with Gasteiger partial charge in [-0.05, 0) is 29.6 Å². The molecule has 1 saturated heterocycles. The van der Waals surface area contributed by atoms with E-state index in [1.807, 2.05) is 0 Å². The number of piperidine rings is 1. The van der Waals surface area contributed by atoms with Gasteiger partial charge in [-0.25, -0.2) is 0 Å². The fraction of sp³-hybridized carbons (Fsp3) is 0.579. The largest absolute Gasteiger partial charge is 0.388 e. The van der Waals surface area contributed by atoms with Crippen LogP contribution >= 0.6 is 0 Å². The first kappa shape index (κ1) is 17.0. The molecule has 0 bridgehead atoms. The molecular formula is C19H27N3O2. The summed E-state index contributed by atoms with van der Waals surface area (Å²) in [6.45, 7) is 8.93. The Labute approximate surface area is 143 Å². The highest BCUT2D eigenvalue weighted by Gasteiger charge is 2.42. The molecular weight excluding hydrogens is 302 g/mol. The molecule has 2 aliphatic heterocycles. The highest BCUT2D eigenvalue weighted by Crippen LogP contribution is 2.32. The van der Waals surface area contributed by atoms with Crippen molar-refractivity contribution in [3.05, 3.63) is 35.4 Å². The molecule has 130 valence electrons. The van der Waals surface area contributed by atoms with Crippen molar-refractivity contribution in [1.29, 1.82) is 0 Å². The van der Waals surface area contributed by atoms with Crippen LogP contribution in [0.15, 0.2) is 29.4 Å². The number of benzene rings is 1. The van der Waals surface area contributed by atoms with Crippen molar-refractivity contribution in [2.45, 2.75) is 57.6 Å². The Bertz CT molecular complexity index is 623. The van der Waals surface area contributed by atoms with Gasteiger partial charge in [-0.15, -0.1) is 0 Å². The summed E-state index contributed by atoms with van der Waals surface area (Å²) in [5.41, 5.74) is 2.78. The van der Waals surface area contributed by atoms with E-state index in [9.17, 15) is 4.79 Å². The third-order valence-corrected chi connectivity index (χ3v) is 4.89. The normalized spacial score (nSPS) is 19.7. The molecule has 0 saturated carbocycles. The lowest BCUT2D eigenvalue weighted by atomic mass is 9.86. The summed E-state index contributed by atoms with van der Waals surface area (Å²) >= 11 is 0. The predicted octanol–water partition coefficient (Wildman–Crippen LogP) is 2.50. The minimum atomic E-state index is -0.258. The molecule has 1 amide bonds. The second-order valence-electron chi connectivity index (χ2n) is 7.87. The molecule has 0 radical (unpaired) electrons. The van der Waals surface area contributed by atoms with Crippen molar-refractivity contribution in [2.75, 3.05) is 13.1 Å². The minimum Gasteiger partial charge on any atom is -0.388 e. The van der Waals surface area contributed by atoms with Crippen molar-refractivity contribution >= 4 is 11.6 Å². The lowest BCUT2D eigenvalue weighted by molar-refractivity contribution is -0.115. The van der Waals surface area contributed by atoms with Gasteiger partial charge in [0.05, 0.1) is 0 Å². The van der Waals surface area contributed by atoms with E-state index >= 15 is 0 Å². The van der Waals surface area contributed by atoms with Crippen LogP contribution < -0.4 is 10.6 Å². The Morgan fingerprint density at radius 3 is 2.54 bits per heavy atom. The van der Waals surface area contributed by atoms with Crippen LogP contribution in [0.2, 0.25) is 0 Å². The zero-order valence-electron chi connectivity index (χ0n) is 14.8. The molecule has 3 rings (SSSR count). The number of carbonyl (C=O) groups is 1. The molecule has 0 aliphatic carbocycles. The second-order valence-corrected chi connectivity index (χ2v) is 7.87. The van der Waals surface area contributed by atoms with Crippen molar-refractivity contribution in [1.82, 2.24) is 10.6 Å². The minimum absolute atomic E-state index is 0.120. The zero-order valence-corrected chi connectivity index (χ0v) is 14.8. The summed E-state index contributed by atoms with van der Waals surface area (Å²) in [4.78, 5) is 17.9. The fourth-order valence-corrected chi connectivity index (χ4v) is 3.20. The van der Waals surface area contributed by atoms with Gasteiger partial charge in [0.1, 0.15) is 11.3 Å². The molecule has 1 aromatic rings. The molecule has 2 N–H and O–H groups in total. The Hall–Kier alpha value is -1.88. The molecule has 2 heterocycles. The van der Waals surface area contributed by atoms with Crippen molar-refractivity contribution < 1.29 is 9.63 Å². The van der Waals surface area contributed by atoms with Crippen LogP contribution in [0.5, 0.6) is 0 Å². The van der Waals surface area contributed by atoms with Crippen molar-refractivity contribution in [3.63, 3.8) is 0 Å². The number of carbonyl (C=O) groups excluding carboxylic acids is 1. The van der Waals surface area contributed by atoms with Crippen LogP contribution in [0, 0.1) is 0 Å². The molecule has 24 heavy (non-hydrogen) atoms. The average molecular weight is 329 g/mol. The standard InChI is InChI=1S/C19H27N3O2/c1-18(2,3)15-6-4-14(5-7-15)13-21-17(23)16-12-19(24-22-16)8-10-20-11-9-19/h4-7,20H,8-13H2,1-3H3,(H,21,23). The number of oxime groups is 1. The topological polar surface area (TPSA) is 62.7 Å². The molecule has 2 aliphatic rings. The number of rotatable bonds is 3. The predicted molar refractivity (Wildman–Crippen MR) is 95.0 cm³/mol. The van der Waals surface area contributed by atoms with E-state index in [1.165, 1.54) is 5.56 Å². The summed E-state index contributed by atoms with van der Waals surface area (Å²) < 4.78 is 0. The van der Waals surface area contributed by atoms with Crippen molar-refractivity contribution in [3.8, 4) is 0 Å². The second kappa shape index (κ2) is 6.55. The highest BCUT2D eigenvalue weighted by atomic mass is 16.7. The van der Waals surface area contributed by atoms with Gasteiger partial charge in [0.15, 0.2) is 0 Å². The van der Waals surface area contributed by atoms with Crippen molar-refractivity contribution in [2.24, 2.45) is 5.16 Å². The van der Waals surface area contributed by atoms with E-state index in [4.69, 9.17) is 4.84 Å². The van der Waals surface area contributed by atoms with Gasteiger partial charge in [0, 0.05) is 25.8 Å². The van der Waals surface area contributed by atoms with Gasteiger partial charge < -0.3 is 15.5 Å². The van der Waals surface area contributed by atoms with E-state index in [2.05, 4.69) is 60.8 Å². The summed E-state index contributed by atoms with van der Waals surface area (Å²) in [7, 11) is 0. The third-order valence-electron chi connectivity index (χ3n) is 4.89. The molecule has 5 nitrogen and oxygen atoms in total. The van der Waals surface area contributed by atoms with Gasteiger partial charge >= 0.3 is 0 Å². The summed E-state index contributed by atoms with van der Waals surface area (Å²) in [6.07, 6.45) is 2.42. The quantitative estimate of drug-likeness (QED) is 0.895. The van der Waals surface area contributed by atoms with Crippen LogP contribution in [0.1, 0.15) is 51.2 Å². The van der Waals surface area contributed by atoms with E-state index in [-0.39, 0.29) is 16.9 Å². The van der Waals surface area contributed by atoms with Crippen LogP contribution in [-0.2, 0) is 21.6 Å².